The molecule has 80 valence electrons. The number of alkyl carbamates (subject to hydrolysis) is 1. The minimum atomic E-state index is -0.362. The van der Waals surface area contributed by atoms with Gasteiger partial charge in [0, 0.05) is 17.0 Å². The van der Waals surface area contributed by atoms with Crippen molar-refractivity contribution in [2.45, 2.75) is 12.3 Å². The molecule has 4 heteroatoms. The zero-order valence-corrected chi connectivity index (χ0v) is 9.17. The number of benzene rings is 1. The summed E-state index contributed by atoms with van der Waals surface area (Å²) in [6.07, 6.45) is -0.362. The molecule has 1 fully saturated rings. The summed E-state index contributed by atoms with van der Waals surface area (Å²) in [6.45, 7) is 2.94. The van der Waals surface area contributed by atoms with Gasteiger partial charge in [0.2, 0.25) is 0 Å². The van der Waals surface area contributed by atoms with Crippen molar-refractivity contribution >= 4 is 17.7 Å². The van der Waals surface area contributed by atoms with Gasteiger partial charge in [-0.1, -0.05) is 36.7 Å². The van der Waals surface area contributed by atoms with Crippen LogP contribution in [0.2, 0.25) is 5.02 Å². The monoisotopic (exact) mass is 225 g/mol. The highest BCUT2D eigenvalue weighted by atomic mass is 35.5. The van der Waals surface area contributed by atoms with E-state index >= 15 is 0 Å². The van der Waals surface area contributed by atoms with Crippen LogP contribution >= 0.6 is 11.6 Å². The first-order valence-electron chi connectivity index (χ1n) is 4.77. The Kier molecular flexibility index (Phi) is 2.57. The third-order valence-electron chi connectivity index (χ3n) is 2.67. The summed E-state index contributed by atoms with van der Waals surface area (Å²) in [5, 5.41) is 3.39. The molecule has 1 aliphatic rings. The van der Waals surface area contributed by atoms with E-state index in [2.05, 4.69) is 5.32 Å². The van der Waals surface area contributed by atoms with Crippen molar-refractivity contribution in [2.75, 3.05) is 13.2 Å². The second kappa shape index (κ2) is 3.74. The maximum atomic E-state index is 10.9. The molecule has 0 bridgehead atoms. The second-order valence-corrected chi connectivity index (χ2v) is 4.38. The van der Waals surface area contributed by atoms with E-state index in [0.717, 1.165) is 5.56 Å². The molecule has 1 aliphatic heterocycles. The maximum absolute atomic E-state index is 10.9. The minimum absolute atomic E-state index is 0.244. The highest BCUT2D eigenvalue weighted by Crippen LogP contribution is 2.31. The summed E-state index contributed by atoms with van der Waals surface area (Å²) in [5.74, 6) is 0. The van der Waals surface area contributed by atoms with Crippen molar-refractivity contribution in [2.24, 2.45) is 0 Å². The molecule has 1 atom stereocenters. The van der Waals surface area contributed by atoms with E-state index in [-0.39, 0.29) is 11.5 Å². The van der Waals surface area contributed by atoms with Crippen LogP contribution in [0.4, 0.5) is 4.79 Å². The van der Waals surface area contributed by atoms with Crippen molar-refractivity contribution in [3.63, 3.8) is 0 Å². The number of amides is 1. The summed E-state index contributed by atoms with van der Waals surface area (Å²) in [4.78, 5) is 10.9. The van der Waals surface area contributed by atoms with Crippen LogP contribution in [0.5, 0.6) is 0 Å². The normalized spacial score (nSPS) is 25.6. The SMILES string of the molecule is CC1(c2ccccc2Cl)CNC(=O)OC1. The summed E-state index contributed by atoms with van der Waals surface area (Å²) in [5.41, 5.74) is 0.762. The van der Waals surface area contributed by atoms with Gasteiger partial charge >= 0.3 is 6.09 Å². The molecule has 1 amide bonds. The van der Waals surface area contributed by atoms with Crippen LogP contribution in [0.3, 0.4) is 0 Å². The number of ether oxygens (including phenoxy) is 1. The number of carbonyl (C=O) groups is 1. The first-order valence-corrected chi connectivity index (χ1v) is 5.15. The lowest BCUT2D eigenvalue weighted by Crippen LogP contribution is -2.48. The van der Waals surface area contributed by atoms with Gasteiger partial charge in [0.15, 0.2) is 0 Å². The summed E-state index contributed by atoms with van der Waals surface area (Å²) in [6, 6.07) is 7.63. The number of carbonyl (C=O) groups excluding carboxylic acids is 1. The van der Waals surface area contributed by atoms with Crippen LogP contribution in [-0.4, -0.2) is 19.2 Å². The van der Waals surface area contributed by atoms with Gasteiger partial charge in [-0.2, -0.15) is 0 Å². The molecular weight excluding hydrogens is 214 g/mol. The van der Waals surface area contributed by atoms with Gasteiger partial charge in [-0.25, -0.2) is 4.79 Å². The van der Waals surface area contributed by atoms with Crippen LogP contribution in [-0.2, 0) is 10.2 Å². The van der Waals surface area contributed by atoms with Crippen molar-refractivity contribution < 1.29 is 9.53 Å². The predicted octanol–water partition coefficient (Wildman–Crippen LogP) is 2.34. The van der Waals surface area contributed by atoms with E-state index in [0.29, 0.717) is 18.2 Å². The van der Waals surface area contributed by atoms with Crippen molar-refractivity contribution in [1.82, 2.24) is 5.32 Å². The third kappa shape index (κ3) is 1.92. The molecule has 1 aromatic rings. The molecular formula is C11H12ClNO2. The molecule has 0 aliphatic carbocycles. The lowest BCUT2D eigenvalue weighted by Gasteiger charge is -2.34. The van der Waals surface area contributed by atoms with Gasteiger partial charge in [-0.3, -0.25) is 0 Å². The number of hydrogen-bond donors (Lipinski definition) is 1. The van der Waals surface area contributed by atoms with E-state index in [1.54, 1.807) is 0 Å². The van der Waals surface area contributed by atoms with Crippen LogP contribution in [0.25, 0.3) is 0 Å². The quantitative estimate of drug-likeness (QED) is 0.797. The van der Waals surface area contributed by atoms with Crippen LogP contribution in [0, 0.1) is 0 Å². The highest BCUT2D eigenvalue weighted by Gasteiger charge is 2.34. The van der Waals surface area contributed by atoms with E-state index in [9.17, 15) is 4.79 Å². The Bertz CT molecular complexity index is 382. The number of halogens is 1. The number of cyclic esters (lactones) is 1. The van der Waals surface area contributed by atoms with Gasteiger partial charge < -0.3 is 10.1 Å². The van der Waals surface area contributed by atoms with Gasteiger partial charge in [0.25, 0.3) is 0 Å². The van der Waals surface area contributed by atoms with Crippen LogP contribution in [0.15, 0.2) is 24.3 Å². The average Bonchev–Trinajstić information content (AvgIpc) is 2.23. The van der Waals surface area contributed by atoms with Crippen LogP contribution < -0.4 is 5.32 Å². The molecule has 1 aromatic carbocycles. The first-order chi connectivity index (χ1) is 7.12. The zero-order valence-electron chi connectivity index (χ0n) is 8.42. The Balaban J connectivity index is 2.30. The van der Waals surface area contributed by atoms with Gasteiger partial charge in [-0.05, 0) is 11.6 Å². The van der Waals surface area contributed by atoms with Gasteiger partial charge in [0.05, 0.1) is 0 Å². The zero-order chi connectivity index (χ0) is 10.9. The fraction of sp³-hybridized carbons (Fsp3) is 0.364. The fourth-order valence-corrected chi connectivity index (χ4v) is 2.08. The Morgan fingerprint density at radius 3 is 2.80 bits per heavy atom. The molecule has 1 saturated heterocycles. The number of rotatable bonds is 1. The molecule has 3 nitrogen and oxygen atoms in total. The lowest BCUT2D eigenvalue weighted by molar-refractivity contribution is 0.0930. The van der Waals surface area contributed by atoms with Gasteiger partial charge in [0.1, 0.15) is 6.61 Å². The maximum Gasteiger partial charge on any atom is 0.407 e. The second-order valence-electron chi connectivity index (χ2n) is 3.97. The van der Waals surface area contributed by atoms with E-state index in [1.165, 1.54) is 0 Å². The van der Waals surface area contributed by atoms with Crippen molar-refractivity contribution in [1.29, 1.82) is 0 Å². The Labute approximate surface area is 93.4 Å². The standard InChI is InChI=1S/C11H12ClNO2/c1-11(6-13-10(14)15-7-11)8-4-2-3-5-9(8)12/h2-5H,6-7H2,1H3,(H,13,14). The number of hydrogen-bond acceptors (Lipinski definition) is 2. The lowest BCUT2D eigenvalue weighted by atomic mass is 9.82. The van der Waals surface area contributed by atoms with Crippen LogP contribution in [0.1, 0.15) is 12.5 Å². The molecule has 15 heavy (non-hydrogen) atoms. The van der Waals surface area contributed by atoms with E-state index < -0.39 is 0 Å². The largest absolute Gasteiger partial charge is 0.449 e. The molecule has 1 N–H and O–H groups in total. The van der Waals surface area contributed by atoms with Crippen molar-refractivity contribution in [3.8, 4) is 0 Å². The fourth-order valence-electron chi connectivity index (χ4n) is 1.72. The molecule has 2 rings (SSSR count). The Morgan fingerprint density at radius 1 is 1.47 bits per heavy atom. The summed E-state index contributed by atoms with van der Waals surface area (Å²) in [7, 11) is 0. The topological polar surface area (TPSA) is 38.3 Å². The third-order valence-corrected chi connectivity index (χ3v) is 3.00. The molecule has 1 heterocycles. The summed E-state index contributed by atoms with van der Waals surface area (Å²) >= 11 is 6.12. The highest BCUT2D eigenvalue weighted by molar-refractivity contribution is 6.31. The van der Waals surface area contributed by atoms with E-state index in [4.69, 9.17) is 16.3 Å². The Hall–Kier alpha value is -1.22. The molecule has 1 unspecified atom stereocenters. The molecule has 0 saturated carbocycles. The molecule has 0 spiro atoms. The Morgan fingerprint density at radius 2 is 2.20 bits per heavy atom. The smallest absolute Gasteiger partial charge is 0.407 e. The molecule has 0 aromatic heterocycles. The van der Waals surface area contributed by atoms with E-state index in [1.807, 2.05) is 31.2 Å². The predicted molar refractivity (Wildman–Crippen MR) is 58.2 cm³/mol. The molecule has 0 radical (unpaired) electrons. The summed E-state index contributed by atoms with van der Waals surface area (Å²) < 4.78 is 4.99. The minimum Gasteiger partial charge on any atom is -0.449 e. The average molecular weight is 226 g/mol. The first kappa shape index (κ1) is 10.3. The van der Waals surface area contributed by atoms with Crippen molar-refractivity contribution in [3.05, 3.63) is 34.9 Å². The van der Waals surface area contributed by atoms with Gasteiger partial charge in [-0.15, -0.1) is 0 Å². The number of nitrogens with one attached hydrogen (secondary N) is 1.